The summed E-state index contributed by atoms with van der Waals surface area (Å²) in [7, 11) is 0. The minimum Gasteiger partial charge on any atom is -0.386 e. The van der Waals surface area contributed by atoms with Crippen molar-refractivity contribution in [2.24, 2.45) is 0 Å². The third kappa shape index (κ3) is 3.15. The quantitative estimate of drug-likeness (QED) is 0.605. The molecule has 0 fully saturated rings. The maximum absolute atomic E-state index is 14.0. The van der Waals surface area contributed by atoms with Gasteiger partial charge in [0.2, 0.25) is 0 Å². The molecule has 2 aromatic carbocycles. The zero-order valence-electron chi connectivity index (χ0n) is 14.7. The van der Waals surface area contributed by atoms with Crippen LogP contribution in [0.15, 0.2) is 71.5 Å². The second kappa shape index (κ2) is 6.81. The smallest absolute Gasteiger partial charge is 0.274 e. The average molecular weight is 363 g/mol. The minimum absolute atomic E-state index is 0.108. The first-order valence-electron chi connectivity index (χ1n) is 8.63. The molecule has 0 amide bonds. The van der Waals surface area contributed by atoms with Crippen molar-refractivity contribution in [3.05, 3.63) is 94.2 Å². The lowest BCUT2D eigenvalue weighted by Crippen LogP contribution is -2.22. The molecule has 0 saturated heterocycles. The first-order valence-corrected chi connectivity index (χ1v) is 8.63. The average Bonchev–Trinajstić information content (AvgIpc) is 3.12. The number of hydrogen-bond acceptors (Lipinski definition) is 3. The van der Waals surface area contributed by atoms with Crippen LogP contribution in [-0.2, 0) is 6.54 Å². The lowest BCUT2D eigenvalue weighted by atomic mass is 10.1. The predicted octanol–water partition coefficient (Wildman–Crippen LogP) is 3.34. The molecule has 2 heterocycles. The summed E-state index contributed by atoms with van der Waals surface area (Å²) >= 11 is 0. The van der Waals surface area contributed by atoms with Gasteiger partial charge in [-0.3, -0.25) is 4.79 Å². The van der Waals surface area contributed by atoms with Gasteiger partial charge in [0, 0.05) is 29.0 Å². The molecule has 0 aliphatic carbocycles. The Kier molecular flexibility index (Phi) is 4.33. The molecule has 1 N–H and O–H groups in total. The van der Waals surface area contributed by atoms with Gasteiger partial charge in [0.05, 0.1) is 18.3 Å². The number of benzene rings is 2. The number of aliphatic hydroxyl groups excluding tert-OH is 1. The zero-order chi connectivity index (χ0) is 19.0. The Morgan fingerprint density at radius 2 is 1.78 bits per heavy atom. The molecule has 6 heteroatoms. The van der Waals surface area contributed by atoms with E-state index in [1.165, 1.54) is 16.6 Å². The van der Waals surface area contributed by atoms with Crippen molar-refractivity contribution in [3.63, 3.8) is 0 Å². The summed E-state index contributed by atoms with van der Waals surface area (Å²) in [5.74, 6) is -0.460. The van der Waals surface area contributed by atoms with Crippen molar-refractivity contribution in [1.82, 2.24) is 14.2 Å². The lowest BCUT2D eigenvalue weighted by Gasteiger charge is -2.17. The summed E-state index contributed by atoms with van der Waals surface area (Å²) in [5, 5.41) is 15.0. The van der Waals surface area contributed by atoms with Crippen LogP contribution >= 0.6 is 0 Å². The number of nitrogens with zero attached hydrogens (tertiary/aromatic N) is 3. The Hall–Kier alpha value is -3.25. The topological polar surface area (TPSA) is 59.5 Å². The number of hydrogen-bond donors (Lipinski definition) is 1. The van der Waals surface area contributed by atoms with Gasteiger partial charge in [0.15, 0.2) is 0 Å². The van der Waals surface area contributed by atoms with Crippen molar-refractivity contribution in [2.75, 3.05) is 0 Å². The van der Waals surface area contributed by atoms with E-state index in [0.29, 0.717) is 17.0 Å². The second-order valence-electron chi connectivity index (χ2n) is 6.44. The van der Waals surface area contributed by atoms with Crippen LogP contribution in [0, 0.1) is 12.7 Å². The minimum atomic E-state index is -1.05. The van der Waals surface area contributed by atoms with Crippen LogP contribution in [0.3, 0.4) is 0 Å². The van der Waals surface area contributed by atoms with Crippen molar-refractivity contribution in [3.8, 4) is 11.3 Å². The summed E-state index contributed by atoms with van der Waals surface area (Å²) < 4.78 is 17.1. The molecule has 1 atom stereocenters. The highest BCUT2D eigenvalue weighted by Gasteiger charge is 2.17. The third-order valence-corrected chi connectivity index (χ3v) is 4.62. The molecule has 0 spiro atoms. The van der Waals surface area contributed by atoms with E-state index in [4.69, 9.17) is 0 Å². The van der Waals surface area contributed by atoms with Gasteiger partial charge in [0.1, 0.15) is 11.5 Å². The molecule has 0 aliphatic heterocycles. The fraction of sp³-hybridized carbons (Fsp3) is 0.143. The number of rotatable bonds is 4. The normalized spacial score (nSPS) is 12.4. The first-order chi connectivity index (χ1) is 13.0. The second-order valence-corrected chi connectivity index (χ2v) is 6.44. The molecule has 0 aliphatic rings. The Balaban J connectivity index is 1.82. The number of aromatic nitrogens is 3. The molecular formula is C21H18FN3O2. The molecular weight excluding hydrogens is 345 g/mol. The molecule has 27 heavy (non-hydrogen) atoms. The van der Waals surface area contributed by atoms with Crippen LogP contribution in [0.2, 0.25) is 0 Å². The highest BCUT2D eigenvalue weighted by Crippen LogP contribution is 2.23. The van der Waals surface area contributed by atoms with Crippen LogP contribution in [0.1, 0.15) is 17.4 Å². The van der Waals surface area contributed by atoms with Crippen molar-refractivity contribution < 1.29 is 9.50 Å². The fourth-order valence-electron chi connectivity index (χ4n) is 3.23. The highest BCUT2D eigenvalue weighted by molar-refractivity contribution is 5.64. The molecule has 136 valence electrons. The molecule has 0 saturated carbocycles. The van der Waals surface area contributed by atoms with Crippen LogP contribution in [0.5, 0.6) is 0 Å². The van der Waals surface area contributed by atoms with Gasteiger partial charge in [-0.2, -0.15) is 9.61 Å². The summed E-state index contributed by atoms with van der Waals surface area (Å²) in [4.78, 5) is 12.4. The predicted molar refractivity (Wildman–Crippen MR) is 101 cm³/mol. The van der Waals surface area contributed by atoms with Crippen LogP contribution in [0.25, 0.3) is 16.9 Å². The Labute approximate surface area is 154 Å². The highest BCUT2D eigenvalue weighted by atomic mass is 19.1. The van der Waals surface area contributed by atoms with Gasteiger partial charge in [0.25, 0.3) is 5.56 Å². The SMILES string of the molecule is Cc1cc(=O)n2nc(-c3ccccc3)cc2n1C[C@H](O)c1ccccc1F. The van der Waals surface area contributed by atoms with E-state index in [9.17, 15) is 14.3 Å². The van der Waals surface area contributed by atoms with Gasteiger partial charge in [-0.25, -0.2) is 4.39 Å². The number of aliphatic hydroxyl groups is 1. The molecule has 2 aromatic heterocycles. The van der Waals surface area contributed by atoms with Crippen molar-refractivity contribution in [2.45, 2.75) is 19.6 Å². The van der Waals surface area contributed by atoms with Crippen molar-refractivity contribution in [1.29, 1.82) is 0 Å². The summed E-state index contributed by atoms with van der Waals surface area (Å²) in [6.07, 6.45) is -1.05. The summed E-state index contributed by atoms with van der Waals surface area (Å²) in [6, 6.07) is 18.9. The fourth-order valence-corrected chi connectivity index (χ4v) is 3.23. The van der Waals surface area contributed by atoms with Gasteiger partial charge < -0.3 is 9.67 Å². The maximum Gasteiger partial charge on any atom is 0.274 e. The molecule has 0 bridgehead atoms. The monoisotopic (exact) mass is 363 g/mol. The largest absolute Gasteiger partial charge is 0.386 e. The summed E-state index contributed by atoms with van der Waals surface area (Å²) in [5.41, 5.74) is 2.74. The van der Waals surface area contributed by atoms with E-state index < -0.39 is 11.9 Å². The maximum atomic E-state index is 14.0. The van der Waals surface area contributed by atoms with E-state index >= 15 is 0 Å². The number of fused-ring (bicyclic) bond motifs is 1. The van der Waals surface area contributed by atoms with Crippen LogP contribution < -0.4 is 5.56 Å². The van der Waals surface area contributed by atoms with Crippen LogP contribution in [-0.4, -0.2) is 19.3 Å². The van der Waals surface area contributed by atoms with E-state index in [1.54, 1.807) is 35.8 Å². The number of aryl methyl sites for hydroxylation is 1. The van der Waals surface area contributed by atoms with Gasteiger partial charge in [-0.1, -0.05) is 48.5 Å². The van der Waals surface area contributed by atoms with E-state index in [2.05, 4.69) is 5.10 Å². The Bertz CT molecular complexity index is 1170. The van der Waals surface area contributed by atoms with Gasteiger partial charge >= 0.3 is 0 Å². The Morgan fingerprint density at radius 3 is 2.52 bits per heavy atom. The van der Waals surface area contributed by atoms with Crippen molar-refractivity contribution >= 4 is 5.65 Å². The lowest BCUT2D eigenvalue weighted by molar-refractivity contribution is 0.152. The van der Waals surface area contributed by atoms with Crippen LogP contribution in [0.4, 0.5) is 4.39 Å². The van der Waals surface area contributed by atoms with E-state index in [1.807, 2.05) is 30.3 Å². The molecule has 0 radical (unpaired) electrons. The number of halogens is 1. The van der Waals surface area contributed by atoms with Gasteiger partial charge in [-0.15, -0.1) is 0 Å². The summed E-state index contributed by atoms with van der Waals surface area (Å²) in [6.45, 7) is 1.89. The molecule has 4 rings (SSSR count). The van der Waals surface area contributed by atoms with Gasteiger partial charge in [-0.05, 0) is 13.0 Å². The molecule has 0 unspecified atom stereocenters. The standard InChI is InChI=1S/C21H18FN3O2/c1-14-11-21(27)25-20(12-18(23-25)15-7-3-2-4-8-15)24(14)13-19(26)16-9-5-6-10-17(16)22/h2-12,19,26H,13H2,1H3/t19-/m0/s1. The van der Waals surface area contributed by atoms with E-state index in [-0.39, 0.29) is 17.7 Å². The van der Waals surface area contributed by atoms with E-state index in [0.717, 1.165) is 5.56 Å². The Morgan fingerprint density at radius 1 is 1.07 bits per heavy atom. The molecule has 5 nitrogen and oxygen atoms in total. The third-order valence-electron chi connectivity index (χ3n) is 4.62. The first kappa shape index (κ1) is 17.2. The molecule has 4 aromatic rings. The zero-order valence-corrected chi connectivity index (χ0v) is 14.7.